The third-order valence-electron chi connectivity index (χ3n) is 5.88. The van der Waals surface area contributed by atoms with E-state index >= 15 is 0 Å². The van der Waals surface area contributed by atoms with Gasteiger partial charge in [0.05, 0.1) is 37.3 Å². The summed E-state index contributed by atoms with van der Waals surface area (Å²) < 4.78 is 11.5. The number of likely N-dealkylation sites (tertiary alicyclic amines) is 1. The minimum Gasteiger partial charge on any atom is -0.496 e. The molecule has 0 radical (unpaired) electrons. The Morgan fingerprint density at radius 3 is 2.53 bits per heavy atom. The number of carboxylic acid groups (broad SMARTS) is 1. The Bertz CT molecular complexity index is 1020. The standard InChI is InChI=1S/C24H26N2O4/c1-29-20-10-5-11-21(30-2)22(20)23(26-14-6-7-16(15-26)24(27)28)18-12-13-25-19-9-4-3-8-17(18)19/h3-5,8-13,16,23H,6-7,14-15H2,1-2H3,(H,27,28). The molecule has 2 atom stereocenters. The summed E-state index contributed by atoms with van der Waals surface area (Å²) in [6, 6.07) is 15.6. The number of rotatable bonds is 6. The van der Waals surface area contributed by atoms with Crippen LogP contribution in [0.15, 0.2) is 54.7 Å². The van der Waals surface area contributed by atoms with E-state index in [2.05, 4.69) is 16.0 Å². The smallest absolute Gasteiger partial charge is 0.307 e. The number of piperidine rings is 1. The van der Waals surface area contributed by atoms with Crippen LogP contribution in [0.5, 0.6) is 11.5 Å². The van der Waals surface area contributed by atoms with Crippen molar-refractivity contribution in [3.63, 3.8) is 0 Å². The van der Waals surface area contributed by atoms with E-state index in [1.54, 1.807) is 14.2 Å². The molecule has 2 unspecified atom stereocenters. The number of methoxy groups -OCH3 is 2. The lowest BCUT2D eigenvalue weighted by atomic mass is 9.89. The van der Waals surface area contributed by atoms with Gasteiger partial charge in [0.15, 0.2) is 0 Å². The normalized spacial score (nSPS) is 18.1. The summed E-state index contributed by atoms with van der Waals surface area (Å²) in [5.74, 6) is 0.301. The third-order valence-corrected chi connectivity index (χ3v) is 5.88. The van der Waals surface area contributed by atoms with Crippen LogP contribution in [0.4, 0.5) is 0 Å². The van der Waals surface area contributed by atoms with Crippen LogP contribution in [0.3, 0.4) is 0 Å². The molecule has 4 rings (SSSR count). The molecule has 6 heteroatoms. The second kappa shape index (κ2) is 8.71. The fourth-order valence-electron chi connectivity index (χ4n) is 4.48. The molecule has 0 amide bonds. The zero-order valence-corrected chi connectivity index (χ0v) is 17.2. The quantitative estimate of drug-likeness (QED) is 0.663. The maximum Gasteiger partial charge on any atom is 0.307 e. The first-order valence-electron chi connectivity index (χ1n) is 10.2. The van der Waals surface area contributed by atoms with E-state index < -0.39 is 11.9 Å². The van der Waals surface area contributed by atoms with Gasteiger partial charge in [0.2, 0.25) is 0 Å². The molecule has 1 aliphatic heterocycles. The number of aliphatic carboxylic acids is 1. The minimum absolute atomic E-state index is 0.217. The molecule has 2 aromatic carbocycles. The molecule has 1 N–H and O–H groups in total. The lowest BCUT2D eigenvalue weighted by Gasteiger charge is -2.38. The minimum atomic E-state index is -0.745. The van der Waals surface area contributed by atoms with Crippen molar-refractivity contribution in [1.29, 1.82) is 0 Å². The topological polar surface area (TPSA) is 71.9 Å². The summed E-state index contributed by atoms with van der Waals surface area (Å²) in [5.41, 5.74) is 2.87. The molecule has 3 aromatic rings. The monoisotopic (exact) mass is 406 g/mol. The number of pyridine rings is 1. The van der Waals surface area contributed by atoms with E-state index in [1.807, 2.05) is 48.7 Å². The zero-order valence-electron chi connectivity index (χ0n) is 17.2. The fraction of sp³-hybridized carbons (Fsp3) is 0.333. The highest BCUT2D eigenvalue weighted by molar-refractivity contribution is 5.83. The molecule has 1 saturated heterocycles. The second-order valence-electron chi connectivity index (χ2n) is 7.57. The van der Waals surface area contributed by atoms with E-state index in [9.17, 15) is 9.90 Å². The highest BCUT2D eigenvalue weighted by atomic mass is 16.5. The lowest BCUT2D eigenvalue weighted by Crippen LogP contribution is -2.41. The van der Waals surface area contributed by atoms with Gasteiger partial charge in [-0.15, -0.1) is 0 Å². The Kier molecular flexibility index (Phi) is 5.86. The average Bonchev–Trinajstić information content (AvgIpc) is 2.79. The molecule has 156 valence electrons. The van der Waals surface area contributed by atoms with Crippen molar-refractivity contribution in [1.82, 2.24) is 9.88 Å². The molecule has 0 saturated carbocycles. The Morgan fingerprint density at radius 1 is 1.10 bits per heavy atom. The molecule has 1 aromatic heterocycles. The third kappa shape index (κ3) is 3.71. The summed E-state index contributed by atoms with van der Waals surface area (Å²) in [6.45, 7) is 1.27. The van der Waals surface area contributed by atoms with Crippen molar-refractivity contribution in [2.24, 2.45) is 5.92 Å². The van der Waals surface area contributed by atoms with E-state index in [4.69, 9.17) is 9.47 Å². The van der Waals surface area contributed by atoms with Crippen molar-refractivity contribution in [2.75, 3.05) is 27.3 Å². The number of carboxylic acids is 1. The maximum absolute atomic E-state index is 11.8. The SMILES string of the molecule is COc1cccc(OC)c1C(c1ccnc2ccccc12)N1CCCC(C(=O)O)C1. The molecule has 0 bridgehead atoms. The van der Waals surface area contributed by atoms with Crippen LogP contribution < -0.4 is 9.47 Å². The number of fused-ring (bicyclic) bond motifs is 1. The molecule has 6 nitrogen and oxygen atoms in total. The molecular formula is C24H26N2O4. The first-order valence-corrected chi connectivity index (χ1v) is 10.2. The van der Waals surface area contributed by atoms with E-state index in [-0.39, 0.29) is 6.04 Å². The summed E-state index contributed by atoms with van der Waals surface area (Å²) in [5, 5.41) is 10.7. The van der Waals surface area contributed by atoms with Crippen molar-refractivity contribution in [3.8, 4) is 11.5 Å². The van der Waals surface area contributed by atoms with Gasteiger partial charge in [0, 0.05) is 18.1 Å². The number of aromatic nitrogens is 1. The molecule has 2 heterocycles. The van der Waals surface area contributed by atoms with Gasteiger partial charge >= 0.3 is 5.97 Å². The molecule has 30 heavy (non-hydrogen) atoms. The molecule has 1 fully saturated rings. The first-order chi connectivity index (χ1) is 14.6. The van der Waals surface area contributed by atoms with Gasteiger partial charge in [-0.25, -0.2) is 0 Å². The van der Waals surface area contributed by atoms with Gasteiger partial charge in [0.25, 0.3) is 0 Å². The summed E-state index contributed by atoms with van der Waals surface area (Å²) in [4.78, 5) is 18.5. The Labute approximate surface area is 176 Å². The van der Waals surface area contributed by atoms with Crippen LogP contribution in [-0.4, -0.2) is 48.3 Å². The van der Waals surface area contributed by atoms with Crippen LogP contribution in [-0.2, 0) is 4.79 Å². The number of carbonyl (C=O) groups is 1. The molecule has 0 spiro atoms. The van der Waals surface area contributed by atoms with Crippen molar-refractivity contribution >= 4 is 16.9 Å². The van der Waals surface area contributed by atoms with Gasteiger partial charge < -0.3 is 14.6 Å². The van der Waals surface area contributed by atoms with Gasteiger partial charge in [0.1, 0.15) is 11.5 Å². The predicted molar refractivity (Wildman–Crippen MR) is 115 cm³/mol. The van der Waals surface area contributed by atoms with Crippen LogP contribution in [0.25, 0.3) is 10.9 Å². The summed E-state index contributed by atoms with van der Waals surface area (Å²) in [7, 11) is 3.30. The number of ether oxygens (including phenoxy) is 2. The number of nitrogens with zero attached hydrogens (tertiary/aromatic N) is 2. The van der Waals surface area contributed by atoms with Crippen molar-refractivity contribution in [3.05, 3.63) is 65.9 Å². The predicted octanol–water partition coefficient (Wildman–Crippen LogP) is 4.14. The fourth-order valence-corrected chi connectivity index (χ4v) is 4.48. The highest BCUT2D eigenvalue weighted by Crippen LogP contribution is 2.43. The molecular weight excluding hydrogens is 380 g/mol. The lowest BCUT2D eigenvalue weighted by molar-refractivity contribution is -0.143. The zero-order chi connectivity index (χ0) is 21.1. The molecule has 0 aliphatic carbocycles. The van der Waals surface area contributed by atoms with Crippen LogP contribution in [0, 0.1) is 5.92 Å². The van der Waals surface area contributed by atoms with Crippen LogP contribution >= 0.6 is 0 Å². The first kappa shape index (κ1) is 20.2. The summed E-state index contributed by atoms with van der Waals surface area (Å²) >= 11 is 0. The average molecular weight is 406 g/mol. The largest absolute Gasteiger partial charge is 0.496 e. The summed E-state index contributed by atoms with van der Waals surface area (Å²) in [6.07, 6.45) is 3.33. The van der Waals surface area contributed by atoms with Crippen molar-refractivity contribution in [2.45, 2.75) is 18.9 Å². The van der Waals surface area contributed by atoms with Gasteiger partial charge in [-0.3, -0.25) is 14.7 Å². The molecule has 1 aliphatic rings. The Hall–Kier alpha value is -3.12. The highest BCUT2D eigenvalue weighted by Gasteiger charge is 2.35. The number of hydrogen-bond donors (Lipinski definition) is 1. The van der Waals surface area contributed by atoms with Gasteiger partial charge in [-0.2, -0.15) is 0 Å². The number of para-hydroxylation sites is 1. The Morgan fingerprint density at radius 2 is 1.83 bits per heavy atom. The van der Waals surface area contributed by atoms with E-state index in [0.717, 1.165) is 46.5 Å². The number of benzene rings is 2. The van der Waals surface area contributed by atoms with Crippen LogP contribution in [0.1, 0.15) is 30.0 Å². The van der Waals surface area contributed by atoms with Gasteiger partial charge in [-0.05, 0) is 49.2 Å². The number of hydrogen-bond acceptors (Lipinski definition) is 5. The van der Waals surface area contributed by atoms with Crippen LogP contribution in [0.2, 0.25) is 0 Å². The van der Waals surface area contributed by atoms with Gasteiger partial charge in [-0.1, -0.05) is 24.3 Å². The van der Waals surface area contributed by atoms with Crippen molar-refractivity contribution < 1.29 is 19.4 Å². The second-order valence-corrected chi connectivity index (χ2v) is 7.57. The maximum atomic E-state index is 11.8. The van der Waals surface area contributed by atoms with E-state index in [1.165, 1.54) is 0 Å². The van der Waals surface area contributed by atoms with E-state index in [0.29, 0.717) is 13.0 Å². The Balaban J connectivity index is 1.94.